The van der Waals surface area contributed by atoms with E-state index in [1.54, 1.807) is 30.3 Å². The second-order valence-corrected chi connectivity index (χ2v) is 9.27. The number of carbonyl (C=O) groups is 2. The zero-order valence-electron chi connectivity index (χ0n) is 18.6. The standard InChI is InChI=1S/C18H23N5O3S.C2HF3O2/c1-19-18(24)15-11-13-6-9-23(10-7-16(13)21-17(15)22(2)3)27(25,26)14-5-4-8-20-12-14;3-2(4,5)1(6)7/h4-5,8,11-12H,6-7,9-10H2,1-3H3,(H,19,24);(H,6,7). The molecule has 0 radical (unpaired) electrons. The Morgan fingerprint density at radius 2 is 1.82 bits per heavy atom. The third kappa shape index (κ3) is 6.41. The second-order valence-electron chi connectivity index (χ2n) is 7.33. The van der Waals surface area contributed by atoms with Crippen LogP contribution in [0.1, 0.15) is 21.6 Å². The molecule has 0 saturated heterocycles. The van der Waals surface area contributed by atoms with Crippen molar-refractivity contribution < 1.29 is 36.3 Å². The molecule has 2 N–H and O–H groups in total. The van der Waals surface area contributed by atoms with Gasteiger partial charge in [-0.2, -0.15) is 17.5 Å². The maximum atomic E-state index is 12.9. The van der Waals surface area contributed by atoms with Crippen molar-refractivity contribution in [1.82, 2.24) is 19.6 Å². The summed E-state index contributed by atoms with van der Waals surface area (Å²) in [4.78, 5) is 31.7. The molecule has 3 rings (SSSR count). The number of hydrogen-bond acceptors (Lipinski definition) is 7. The molecule has 0 unspecified atom stereocenters. The van der Waals surface area contributed by atoms with Gasteiger partial charge in [-0.25, -0.2) is 18.2 Å². The van der Waals surface area contributed by atoms with Crippen LogP contribution in [0.15, 0.2) is 35.5 Å². The summed E-state index contributed by atoms with van der Waals surface area (Å²) >= 11 is 0. The van der Waals surface area contributed by atoms with Crippen LogP contribution in [0.25, 0.3) is 0 Å². The van der Waals surface area contributed by atoms with E-state index < -0.39 is 22.2 Å². The summed E-state index contributed by atoms with van der Waals surface area (Å²) in [6.07, 6.45) is -1.19. The summed E-state index contributed by atoms with van der Waals surface area (Å²) in [6, 6.07) is 4.99. The molecule has 34 heavy (non-hydrogen) atoms. The third-order valence-electron chi connectivity index (χ3n) is 4.81. The molecule has 1 aliphatic heterocycles. The summed E-state index contributed by atoms with van der Waals surface area (Å²) in [5, 5.41) is 9.76. The molecule has 0 aliphatic carbocycles. The van der Waals surface area contributed by atoms with E-state index in [0.717, 1.165) is 11.3 Å². The number of fused-ring (bicyclic) bond motifs is 1. The molecular formula is C20H24F3N5O5S. The van der Waals surface area contributed by atoms with Crippen molar-refractivity contribution in [2.45, 2.75) is 23.9 Å². The highest BCUT2D eigenvalue weighted by atomic mass is 32.2. The normalized spacial score (nSPS) is 14.2. The predicted octanol–water partition coefficient (Wildman–Crippen LogP) is 1.32. The first-order valence-electron chi connectivity index (χ1n) is 9.91. The fraction of sp³-hybridized carbons (Fsp3) is 0.400. The van der Waals surface area contributed by atoms with E-state index in [2.05, 4.69) is 15.3 Å². The molecule has 1 aliphatic rings. The van der Waals surface area contributed by atoms with Gasteiger partial charge in [0.25, 0.3) is 5.91 Å². The minimum Gasteiger partial charge on any atom is -0.475 e. The van der Waals surface area contributed by atoms with Gasteiger partial charge in [0.2, 0.25) is 10.0 Å². The van der Waals surface area contributed by atoms with Crippen LogP contribution < -0.4 is 10.2 Å². The van der Waals surface area contributed by atoms with Crippen molar-refractivity contribution in [2.75, 3.05) is 39.1 Å². The van der Waals surface area contributed by atoms with Crippen molar-refractivity contribution in [3.05, 3.63) is 47.4 Å². The van der Waals surface area contributed by atoms with Gasteiger partial charge in [-0.1, -0.05) is 0 Å². The quantitative estimate of drug-likeness (QED) is 0.639. The Morgan fingerprint density at radius 1 is 1.21 bits per heavy atom. The topological polar surface area (TPSA) is 133 Å². The Morgan fingerprint density at radius 3 is 2.32 bits per heavy atom. The van der Waals surface area contributed by atoms with Gasteiger partial charge < -0.3 is 15.3 Å². The fourth-order valence-electron chi connectivity index (χ4n) is 3.13. The molecule has 10 nitrogen and oxygen atoms in total. The number of alkyl halides is 3. The van der Waals surface area contributed by atoms with Gasteiger partial charge in [-0.15, -0.1) is 0 Å². The lowest BCUT2D eigenvalue weighted by atomic mass is 10.0. The summed E-state index contributed by atoms with van der Waals surface area (Å²) in [5.41, 5.74) is 2.23. The number of aromatic nitrogens is 2. The van der Waals surface area contributed by atoms with Crippen LogP contribution in [0.4, 0.5) is 19.0 Å². The van der Waals surface area contributed by atoms with Crippen LogP contribution in [0, 0.1) is 0 Å². The van der Waals surface area contributed by atoms with Crippen molar-refractivity contribution in [3.8, 4) is 0 Å². The first kappa shape index (κ1) is 27.0. The maximum Gasteiger partial charge on any atom is 0.490 e. The number of pyridine rings is 2. The van der Waals surface area contributed by atoms with Gasteiger partial charge in [-0.3, -0.25) is 9.78 Å². The van der Waals surface area contributed by atoms with Crippen molar-refractivity contribution in [1.29, 1.82) is 0 Å². The minimum absolute atomic E-state index is 0.184. The van der Waals surface area contributed by atoms with Crippen LogP contribution in [-0.2, 0) is 27.7 Å². The third-order valence-corrected chi connectivity index (χ3v) is 6.69. The number of nitrogens with zero attached hydrogens (tertiary/aromatic N) is 4. The monoisotopic (exact) mass is 503 g/mol. The number of hydrogen-bond donors (Lipinski definition) is 2. The summed E-state index contributed by atoms with van der Waals surface area (Å²) in [6.45, 7) is 0.670. The largest absolute Gasteiger partial charge is 0.490 e. The number of nitrogens with one attached hydrogen (secondary N) is 1. The molecule has 2 aromatic rings. The summed E-state index contributed by atoms with van der Waals surface area (Å²) in [5.74, 6) is -2.39. The Labute approximate surface area is 194 Å². The Balaban J connectivity index is 0.000000509. The average Bonchev–Trinajstić information content (AvgIpc) is 3.00. The van der Waals surface area contributed by atoms with Gasteiger partial charge in [-0.05, 0) is 30.2 Å². The number of aliphatic carboxylic acids is 1. The number of halogens is 3. The maximum absolute atomic E-state index is 12.9. The van der Waals surface area contributed by atoms with Crippen LogP contribution in [-0.4, -0.2) is 80.1 Å². The molecule has 0 aromatic carbocycles. The van der Waals surface area contributed by atoms with E-state index in [-0.39, 0.29) is 10.8 Å². The molecule has 3 heterocycles. The van der Waals surface area contributed by atoms with Gasteiger partial charge in [0, 0.05) is 58.7 Å². The molecule has 0 bridgehead atoms. The highest BCUT2D eigenvalue weighted by molar-refractivity contribution is 7.89. The Bertz CT molecular complexity index is 1140. The molecule has 1 amide bonds. The lowest BCUT2D eigenvalue weighted by Crippen LogP contribution is -2.33. The summed E-state index contributed by atoms with van der Waals surface area (Å²) in [7, 11) is 1.63. The highest BCUT2D eigenvalue weighted by Crippen LogP contribution is 2.25. The molecule has 2 aromatic heterocycles. The molecule has 186 valence electrons. The number of amides is 1. The predicted molar refractivity (Wildman–Crippen MR) is 116 cm³/mol. The van der Waals surface area contributed by atoms with E-state index in [0.29, 0.717) is 37.3 Å². The number of rotatable bonds is 4. The molecule has 0 fully saturated rings. The number of carboxylic acids is 1. The van der Waals surface area contributed by atoms with Crippen molar-refractivity contribution in [2.24, 2.45) is 0 Å². The fourth-order valence-corrected chi connectivity index (χ4v) is 4.54. The number of sulfonamides is 1. The van der Waals surface area contributed by atoms with Crippen LogP contribution in [0.2, 0.25) is 0 Å². The Kier molecular flexibility index (Phi) is 8.56. The SMILES string of the molecule is CNC(=O)c1cc2c(nc1N(C)C)CCN(S(=O)(=O)c1cccnc1)CC2.O=C(O)C(F)(F)F. The molecule has 0 saturated carbocycles. The molecule has 0 atom stereocenters. The average molecular weight is 504 g/mol. The number of carbonyl (C=O) groups excluding carboxylic acids is 1. The van der Waals surface area contributed by atoms with Gasteiger partial charge >= 0.3 is 12.1 Å². The van der Waals surface area contributed by atoms with E-state index in [1.807, 2.05) is 20.2 Å². The first-order valence-corrected chi connectivity index (χ1v) is 11.4. The van der Waals surface area contributed by atoms with Gasteiger partial charge in [0.05, 0.1) is 5.56 Å². The molecule has 14 heteroatoms. The highest BCUT2D eigenvalue weighted by Gasteiger charge is 2.38. The van der Waals surface area contributed by atoms with Gasteiger partial charge in [0.15, 0.2) is 0 Å². The summed E-state index contributed by atoms with van der Waals surface area (Å²) < 4.78 is 59.0. The van der Waals surface area contributed by atoms with Gasteiger partial charge in [0.1, 0.15) is 10.7 Å². The smallest absolute Gasteiger partial charge is 0.475 e. The van der Waals surface area contributed by atoms with Crippen LogP contribution in [0.3, 0.4) is 0 Å². The van der Waals surface area contributed by atoms with Crippen LogP contribution in [0.5, 0.6) is 0 Å². The van der Waals surface area contributed by atoms with E-state index in [9.17, 15) is 26.4 Å². The first-order chi connectivity index (χ1) is 15.8. The molecular weight excluding hydrogens is 479 g/mol. The second kappa shape index (κ2) is 10.8. The number of carboxylic acid groups (broad SMARTS) is 1. The van der Waals surface area contributed by atoms with E-state index >= 15 is 0 Å². The van der Waals surface area contributed by atoms with Crippen LogP contribution >= 0.6 is 0 Å². The van der Waals surface area contributed by atoms with Crippen molar-refractivity contribution >= 4 is 27.7 Å². The zero-order chi connectivity index (χ0) is 25.7. The lowest BCUT2D eigenvalue weighted by Gasteiger charge is -2.19. The minimum atomic E-state index is -5.08. The molecule has 0 spiro atoms. The lowest BCUT2D eigenvalue weighted by molar-refractivity contribution is -0.192. The zero-order valence-corrected chi connectivity index (χ0v) is 19.4. The van der Waals surface area contributed by atoms with E-state index in [4.69, 9.17) is 9.90 Å². The van der Waals surface area contributed by atoms with E-state index in [1.165, 1.54) is 10.5 Å². The Hall–Kier alpha value is -3.26. The van der Waals surface area contributed by atoms with Crippen molar-refractivity contribution in [3.63, 3.8) is 0 Å². The number of anilines is 1.